The number of carbonyl (C=O) groups is 3. The summed E-state index contributed by atoms with van der Waals surface area (Å²) < 4.78 is 11.9. The van der Waals surface area contributed by atoms with E-state index in [9.17, 15) is 14.4 Å². The van der Waals surface area contributed by atoms with Crippen molar-refractivity contribution in [1.82, 2.24) is 10.2 Å². The Morgan fingerprint density at radius 1 is 1.40 bits per heavy atom. The highest BCUT2D eigenvalue weighted by Gasteiger charge is 2.54. The van der Waals surface area contributed by atoms with Gasteiger partial charge in [-0.2, -0.15) is 0 Å². The molecule has 1 N–H and O–H groups in total. The summed E-state index contributed by atoms with van der Waals surface area (Å²) in [6.07, 6.45) is 1.41. The first-order valence-corrected chi connectivity index (χ1v) is 8.58. The fourth-order valence-electron chi connectivity index (χ4n) is 2.67. The van der Waals surface area contributed by atoms with Crippen molar-refractivity contribution < 1.29 is 23.9 Å². The Kier molecular flexibility index (Phi) is 5.08. The predicted octanol–water partition coefficient (Wildman–Crippen LogP) is 1.47. The lowest BCUT2D eigenvalue weighted by atomic mass is 10.1. The number of nitrogens with zero attached hydrogens (tertiary/aromatic N) is 1. The Morgan fingerprint density at radius 3 is 2.76 bits per heavy atom. The molecular formula is C17H17BrN2O5. The number of amides is 2. The van der Waals surface area contributed by atoms with E-state index in [2.05, 4.69) is 21.2 Å². The van der Waals surface area contributed by atoms with E-state index >= 15 is 0 Å². The molecule has 2 aliphatic heterocycles. The number of benzene rings is 1. The molecule has 1 aromatic rings. The number of β-lactam (4-membered cyclic amide) rings is 1. The third-order valence-electron chi connectivity index (χ3n) is 3.94. The molecule has 0 saturated carbocycles. The van der Waals surface area contributed by atoms with Gasteiger partial charge in [-0.1, -0.05) is 28.1 Å². The highest BCUT2D eigenvalue weighted by molar-refractivity contribution is 9.10. The van der Waals surface area contributed by atoms with E-state index in [1.807, 2.05) is 24.3 Å². The van der Waals surface area contributed by atoms with Crippen LogP contribution in [0.15, 0.2) is 40.6 Å². The van der Waals surface area contributed by atoms with Gasteiger partial charge in [0.1, 0.15) is 12.4 Å². The molecule has 2 aliphatic rings. The molecule has 2 saturated heterocycles. The molecule has 0 aromatic heterocycles. The van der Waals surface area contributed by atoms with E-state index in [0.717, 1.165) is 10.0 Å². The van der Waals surface area contributed by atoms with Crippen LogP contribution in [0.25, 0.3) is 0 Å². The molecule has 3 rings (SSSR count). The van der Waals surface area contributed by atoms with Crippen molar-refractivity contribution in [2.24, 2.45) is 0 Å². The van der Waals surface area contributed by atoms with Gasteiger partial charge in [0.05, 0.1) is 6.42 Å². The molecule has 2 heterocycles. The smallest absolute Gasteiger partial charge is 0.337 e. The van der Waals surface area contributed by atoms with Gasteiger partial charge in [-0.3, -0.25) is 14.5 Å². The summed E-state index contributed by atoms with van der Waals surface area (Å²) in [6.45, 7) is 1.72. The van der Waals surface area contributed by atoms with Crippen LogP contribution in [0.2, 0.25) is 0 Å². The Labute approximate surface area is 153 Å². The van der Waals surface area contributed by atoms with Gasteiger partial charge in [-0.05, 0) is 23.8 Å². The Hall–Kier alpha value is -2.35. The number of nitrogens with one attached hydrogen (secondary N) is 1. The third-order valence-corrected chi connectivity index (χ3v) is 4.47. The van der Waals surface area contributed by atoms with Gasteiger partial charge in [0.25, 0.3) is 0 Å². The molecule has 132 valence electrons. The summed E-state index contributed by atoms with van der Waals surface area (Å²) in [7, 11) is 0. The Bertz CT molecular complexity index is 731. The fraction of sp³-hybridized carbons (Fsp3) is 0.353. The largest absolute Gasteiger partial charge is 0.472 e. The van der Waals surface area contributed by atoms with Crippen LogP contribution < -0.4 is 5.32 Å². The van der Waals surface area contributed by atoms with Gasteiger partial charge in [0, 0.05) is 17.9 Å². The normalized spacial score (nSPS) is 22.9. The van der Waals surface area contributed by atoms with Gasteiger partial charge < -0.3 is 14.8 Å². The van der Waals surface area contributed by atoms with Crippen LogP contribution in [0, 0.1) is 0 Å². The Balaban J connectivity index is 1.67. The molecule has 2 fully saturated rings. The standard InChI is InChI=1S/C17H17BrN2O5/c1-10(21)19-7-6-13-16(20-14(22)8-15(20)25-13)17(23)24-9-11-2-4-12(18)5-3-11/h2-6,15-16H,7-9H2,1H3,(H,19,21). The number of fused-ring (bicyclic) bond motifs is 1. The van der Waals surface area contributed by atoms with Crippen molar-refractivity contribution in [3.63, 3.8) is 0 Å². The second-order valence-corrected chi connectivity index (χ2v) is 6.67. The van der Waals surface area contributed by atoms with Crippen molar-refractivity contribution in [1.29, 1.82) is 0 Å². The zero-order valence-electron chi connectivity index (χ0n) is 13.5. The second kappa shape index (κ2) is 7.26. The van der Waals surface area contributed by atoms with Crippen LogP contribution in [-0.2, 0) is 30.5 Å². The first-order chi connectivity index (χ1) is 12.0. The topological polar surface area (TPSA) is 84.9 Å². The quantitative estimate of drug-likeness (QED) is 0.588. The molecule has 0 radical (unpaired) electrons. The molecule has 8 heteroatoms. The maximum atomic E-state index is 12.5. The number of carbonyl (C=O) groups excluding carboxylic acids is 3. The molecule has 0 spiro atoms. The lowest BCUT2D eigenvalue weighted by molar-refractivity contribution is -0.166. The summed E-state index contributed by atoms with van der Waals surface area (Å²) in [4.78, 5) is 36.6. The third kappa shape index (κ3) is 3.84. The van der Waals surface area contributed by atoms with Crippen LogP contribution in [0.1, 0.15) is 18.9 Å². The van der Waals surface area contributed by atoms with Crippen LogP contribution in [0.5, 0.6) is 0 Å². The minimum absolute atomic E-state index is 0.105. The van der Waals surface area contributed by atoms with Crippen molar-refractivity contribution in [2.75, 3.05) is 6.54 Å². The first kappa shape index (κ1) is 17.5. The zero-order chi connectivity index (χ0) is 18.0. The second-order valence-electron chi connectivity index (χ2n) is 5.76. The SMILES string of the molecule is CC(=O)NCC=C1OC2CC(=O)N2C1C(=O)OCc1ccc(Br)cc1. The average Bonchev–Trinajstić information content (AvgIpc) is 2.86. The van der Waals surface area contributed by atoms with Crippen molar-refractivity contribution in [3.05, 3.63) is 46.1 Å². The lowest BCUT2D eigenvalue weighted by Crippen LogP contribution is -2.55. The van der Waals surface area contributed by atoms with Crippen LogP contribution in [-0.4, -0.2) is 41.5 Å². The molecular weight excluding hydrogens is 392 g/mol. The first-order valence-electron chi connectivity index (χ1n) is 7.79. The number of halogens is 1. The highest BCUT2D eigenvalue weighted by atomic mass is 79.9. The van der Waals surface area contributed by atoms with E-state index in [4.69, 9.17) is 9.47 Å². The average molecular weight is 409 g/mol. The molecule has 2 unspecified atom stereocenters. The molecule has 0 aliphatic carbocycles. The molecule has 2 amide bonds. The van der Waals surface area contributed by atoms with E-state index < -0.39 is 18.2 Å². The fourth-order valence-corrected chi connectivity index (χ4v) is 2.93. The van der Waals surface area contributed by atoms with Gasteiger partial charge >= 0.3 is 5.97 Å². The van der Waals surface area contributed by atoms with Gasteiger partial charge in [-0.15, -0.1) is 0 Å². The van der Waals surface area contributed by atoms with Gasteiger partial charge in [-0.25, -0.2) is 4.79 Å². The summed E-state index contributed by atoms with van der Waals surface area (Å²) in [5, 5.41) is 2.60. The van der Waals surface area contributed by atoms with E-state index in [-0.39, 0.29) is 31.4 Å². The van der Waals surface area contributed by atoms with Crippen molar-refractivity contribution in [2.45, 2.75) is 32.2 Å². The number of hydrogen-bond acceptors (Lipinski definition) is 5. The van der Waals surface area contributed by atoms with Gasteiger partial charge in [0.2, 0.25) is 11.8 Å². The van der Waals surface area contributed by atoms with Gasteiger partial charge in [0.15, 0.2) is 12.3 Å². The predicted molar refractivity (Wildman–Crippen MR) is 90.8 cm³/mol. The molecule has 1 aromatic carbocycles. The monoisotopic (exact) mass is 408 g/mol. The van der Waals surface area contributed by atoms with Crippen LogP contribution in [0.3, 0.4) is 0 Å². The number of hydrogen-bond donors (Lipinski definition) is 1. The number of rotatable bonds is 5. The maximum absolute atomic E-state index is 12.5. The lowest BCUT2D eigenvalue weighted by Gasteiger charge is -2.33. The van der Waals surface area contributed by atoms with Crippen molar-refractivity contribution in [3.8, 4) is 0 Å². The molecule has 0 bridgehead atoms. The molecule has 7 nitrogen and oxygen atoms in total. The van der Waals surface area contributed by atoms with E-state index in [0.29, 0.717) is 5.76 Å². The minimum atomic E-state index is -0.893. The maximum Gasteiger partial charge on any atom is 0.337 e. The molecule has 25 heavy (non-hydrogen) atoms. The minimum Gasteiger partial charge on any atom is -0.472 e. The summed E-state index contributed by atoms with van der Waals surface area (Å²) >= 11 is 3.34. The summed E-state index contributed by atoms with van der Waals surface area (Å²) in [6, 6.07) is 6.50. The van der Waals surface area contributed by atoms with Crippen LogP contribution in [0.4, 0.5) is 0 Å². The highest BCUT2D eigenvalue weighted by Crippen LogP contribution is 2.36. The molecule has 2 atom stereocenters. The van der Waals surface area contributed by atoms with E-state index in [1.54, 1.807) is 6.08 Å². The zero-order valence-corrected chi connectivity index (χ0v) is 15.1. The Morgan fingerprint density at radius 2 is 2.12 bits per heavy atom. The number of esters is 1. The summed E-state index contributed by atoms with van der Waals surface area (Å²) in [5.74, 6) is -0.556. The number of ether oxygens (including phenoxy) is 2. The van der Waals surface area contributed by atoms with E-state index in [1.165, 1.54) is 11.8 Å². The van der Waals surface area contributed by atoms with Crippen molar-refractivity contribution >= 4 is 33.7 Å². The summed E-state index contributed by atoms with van der Waals surface area (Å²) in [5.41, 5.74) is 0.839. The van der Waals surface area contributed by atoms with Crippen LogP contribution >= 0.6 is 15.9 Å².